The molecule has 2 heterocycles. The second-order valence-corrected chi connectivity index (χ2v) is 7.34. The highest BCUT2D eigenvalue weighted by Gasteiger charge is 2.27. The summed E-state index contributed by atoms with van der Waals surface area (Å²) in [5.41, 5.74) is 1.76. The van der Waals surface area contributed by atoms with Gasteiger partial charge < -0.3 is 20.9 Å². The van der Waals surface area contributed by atoms with E-state index in [9.17, 15) is 13.6 Å². The zero-order valence-electron chi connectivity index (χ0n) is 16.1. The molecule has 0 radical (unpaired) electrons. The molecular weight excluding hydrogens is 374 g/mol. The largest absolute Gasteiger partial charge is 0.381 e. The minimum atomic E-state index is -0.478. The topological polar surface area (TPSA) is 56.4 Å². The third-order valence-electron chi connectivity index (χ3n) is 5.32. The number of nitrogens with zero attached hydrogens (tertiary/aromatic N) is 1. The van der Waals surface area contributed by atoms with E-state index in [2.05, 4.69) is 20.9 Å². The van der Waals surface area contributed by atoms with E-state index in [1.54, 1.807) is 18.2 Å². The zero-order chi connectivity index (χ0) is 20.2. The van der Waals surface area contributed by atoms with Crippen LogP contribution in [0.1, 0.15) is 24.8 Å². The van der Waals surface area contributed by atoms with Gasteiger partial charge in [-0.25, -0.2) is 8.78 Å². The third-order valence-corrected chi connectivity index (χ3v) is 5.32. The number of hydrogen-bond acceptors (Lipinski definition) is 4. The summed E-state index contributed by atoms with van der Waals surface area (Å²) in [4.78, 5) is 14.5. The summed E-state index contributed by atoms with van der Waals surface area (Å²) in [7, 11) is 0. The number of carbonyl (C=O) groups excluding carboxylic acids is 1. The van der Waals surface area contributed by atoms with Crippen molar-refractivity contribution in [2.75, 3.05) is 42.1 Å². The Labute approximate surface area is 168 Å². The van der Waals surface area contributed by atoms with E-state index in [1.807, 2.05) is 0 Å². The number of nitrogens with one attached hydrogen (secondary N) is 3. The highest BCUT2D eigenvalue weighted by molar-refractivity contribution is 6.31. The molecule has 1 amide bonds. The molecule has 2 aliphatic rings. The van der Waals surface area contributed by atoms with E-state index in [0.29, 0.717) is 23.6 Å². The van der Waals surface area contributed by atoms with Crippen molar-refractivity contribution in [1.82, 2.24) is 4.90 Å². The van der Waals surface area contributed by atoms with Gasteiger partial charge in [0.1, 0.15) is 11.6 Å². The fourth-order valence-electron chi connectivity index (χ4n) is 3.78. The summed E-state index contributed by atoms with van der Waals surface area (Å²) in [6.07, 6.45) is 5.17. The Morgan fingerprint density at radius 2 is 1.90 bits per heavy atom. The van der Waals surface area contributed by atoms with E-state index in [-0.39, 0.29) is 17.0 Å². The van der Waals surface area contributed by atoms with Crippen LogP contribution in [-0.4, -0.2) is 37.0 Å². The zero-order valence-corrected chi connectivity index (χ0v) is 16.1. The second kappa shape index (κ2) is 8.61. The van der Waals surface area contributed by atoms with E-state index in [1.165, 1.54) is 43.7 Å². The Morgan fingerprint density at radius 3 is 2.69 bits per heavy atom. The summed E-state index contributed by atoms with van der Waals surface area (Å²) in [6.45, 7) is 3.80. The number of likely N-dealkylation sites (tertiary alicyclic amines) is 1. The van der Waals surface area contributed by atoms with Crippen molar-refractivity contribution in [1.29, 1.82) is 0 Å². The first-order valence-electron chi connectivity index (χ1n) is 9.94. The number of rotatable bonds is 6. The molecule has 4 rings (SSSR count). The number of benzene rings is 2. The maximum atomic E-state index is 14.4. The fraction of sp³-hybridized carbons (Fsp3) is 0.318. The second-order valence-electron chi connectivity index (χ2n) is 7.34. The third kappa shape index (κ3) is 4.40. The van der Waals surface area contributed by atoms with Crippen LogP contribution in [0.3, 0.4) is 0 Å². The number of piperidine rings is 1. The molecule has 0 bridgehead atoms. The molecule has 2 aromatic rings. The van der Waals surface area contributed by atoms with Crippen molar-refractivity contribution >= 4 is 28.5 Å². The van der Waals surface area contributed by atoms with E-state index in [0.717, 1.165) is 19.6 Å². The highest BCUT2D eigenvalue weighted by Crippen LogP contribution is 2.33. The maximum Gasteiger partial charge on any atom is 0.257 e. The molecule has 7 heteroatoms. The van der Waals surface area contributed by atoms with Gasteiger partial charge >= 0.3 is 0 Å². The van der Waals surface area contributed by atoms with Gasteiger partial charge in [0, 0.05) is 30.5 Å². The Bertz CT molecular complexity index is 938. The Balaban J connectivity index is 1.39. The monoisotopic (exact) mass is 398 g/mol. The van der Waals surface area contributed by atoms with Crippen LogP contribution >= 0.6 is 0 Å². The van der Waals surface area contributed by atoms with E-state index in [4.69, 9.17) is 0 Å². The van der Waals surface area contributed by atoms with Gasteiger partial charge in [0.25, 0.3) is 5.91 Å². The van der Waals surface area contributed by atoms with Gasteiger partial charge in [0.2, 0.25) is 0 Å². The molecule has 0 aliphatic carbocycles. The molecule has 2 aliphatic heterocycles. The molecule has 5 nitrogen and oxygen atoms in total. The van der Waals surface area contributed by atoms with Gasteiger partial charge in [0.15, 0.2) is 0 Å². The first-order valence-corrected chi connectivity index (χ1v) is 9.94. The molecule has 0 aromatic heterocycles. The highest BCUT2D eigenvalue weighted by atomic mass is 19.1. The molecule has 0 atom stereocenters. The van der Waals surface area contributed by atoms with Crippen molar-refractivity contribution in [3.8, 4) is 0 Å². The lowest BCUT2D eigenvalue weighted by Crippen LogP contribution is -2.33. The van der Waals surface area contributed by atoms with Crippen molar-refractivity contribution < 1.29 is 13.6 Å². The van der Waals surface area contributed by atoms with Gasteiger partial charge in [-0.05, 0) is 56.3 Å². The van der Waals surface area contributed by atoms with Crippen molar-refractivity contribution in [3.63, 3.8) is 0 Å². The smallest absolute Gasteiger partial charge is 0.257 e. The van der Waals surface area contributed by atoms with Gasteiger partial charge in [-0.1, -0.05) is 12.5 Å². The minimum Gasteiger partial charge on any atom is -0.381 e. The number of anilines is 3. The van der Waals surface area contributed by atoms with Crippen LogP contribution in [0.15, 0.2) is 42.6 Å². The normalized spacial score (nSPS) is 17.9. The Kier molecular flexibility index (Phi) is 5.76. The van der Waals surface area contributed by atoms with Crippen molar-refractivity contribution in [2.24, 2.45) is 0 Å². The molecular formula is C22H24F2N4O. The van der Waals surface area contributed by atoms with Crippen molar-refractivity contribution in [2.45, 2.75) is 19.3 Å². The van der Waals surface area contributed by atoms with Gasteiger partial charge in [-0.15, -0.1) is 0 Å². The summed E-state index contributed by atoms with van der Waals surface area (Å²) < 4.78 is 28.5. The Hall–Kier alpha value is -2.93. The van der Waals surface area contributed by atoms with Crippen molar-refractivity contribution in [3.05, 3.63) is 59.8 Å². The average Bonchev–Trinajstić information content (AvgIpc) is 3.05. The number of fused-ring (bicyclic) bond motifs is 1. The standard InChI is InChI=1S/C22H24F2N4O/c23-17-5-4-6-20-21(17)16(22(29)27-20)14-26-15-7-8-19(18(24)13-15)25-9-12-28-10-2-1-3-11-28/h4-8,13-14,25-26H,1-3,9-12H2,(H,27,29). The van der Waals surface area contributed by atoms with Crippen LogP contribution in [0.2, 0.25) is 0 Å². The summed E-state index contributed by atoms with van der Waals surface area (Å²) in [5.74, 6) is -1.25. The number of carbonyl (C=O) groups is 1. The van der Waals surface area contributed by atoms with Gasteiger partial charge in [-0.2, -0.15) is 0 Å². The Morgan fingerprint density at radius 1 is 1.07 bits per heavy atom. The maximum absolute atomic E-state index is 14.4. The quantitative estimate of drug-likeness (QED) is 0.636. The molecule has 152 valence electrons. The van der Waals surface area contributed by atoms with Crippen LogP contribution in [0.4, 0.5) is 25.8 Å². The van der Waals surface area contributed by atoms with Crippen LogP contribution in [0.25, 0.3) is 5.57 Å². The molecule has 0 saturated carbocycles. The lowest BCUT2D eigenvalue weighted by molar-refractivity contribution is -0.110. The molecule has 0 unspecified atom stereocenters. The van der Waals surface area contributed by atoms with Gasteiger partial charge in [-0.3, -0.25) is 4.79 Å². The molecule has 0 spiro atoms. The first kappa shape index (κ1) is 19.4. The molecule has 1 saturated heterocycles. The fourth-order valence-corrected chi connectivity index (χ4v) is 3.78. The lowest BCUT2D eigenvalue weighted by Gasteiger charge is -2.26. The van der Waals surface area contributed by atoms with E-state index >= 15 is 0 Å². The van der Waals surface area contributed by atoms with Gasteiger partial charge in [0.05, 0.1) is 16.9 Å². The number of halogens is 2. The molecule has 3 N–H and O–H groups in total. The van der Waals surface area contributed by atoms with Crippen LogP contribution < -0.4 is 16.0 Å². The lowest BCUT2D eigenvalue weighted by atomic mass is 10.1. The average molecular weight is 398 g/mol. The summed E-state index contributed by atoms with van der Waals surface area (Å²) in [6, 6.07) is 9.22. The SMILES string of the molecule is O=C1Nc2cccc(F)c2C1=CNc1ccc(NCCN2CCCCC2)c(F)c1. The minimum absolute atomic E-state index is 0.183. The summed E-state index contributed by atoms with van der Waals surface area (Å²) in [5, 5.41) is 8.65. The number of amides is 1. The number of hydrogen-bond donors (Lipinski definition) is 3. The van der Waals surface area contributed by atoms with E-state index < -0.39 is 11.7 Å². The molecule has 1 fully saturated rings. The van der Waals surface area contributed by atoms with Crippen LogP contribution in [0.5, 0.6) is 0 Å². The van der Waals surface area contributed by atoms with Crippen LogP contribution in [0, 0.1) is 11.6 Å². The predicted octanol–water partition coefficient (Wildman–Crippen LogP) is 4.27. The predicted molar refractivity (Wildman–Crippen MR) is 112 cm³/mol. The molecule has 29 heavy (non-hydrogen) atoms. The van der Waals surface area contributed by atoms with Crippen LogP contribution in [-0.2, 0) is 4.79 Å². The first-order chi connectivity index (χ1) is 14.1. The summed E-state index contributed by atoms with van der Waals surface area (Å²) >= 11 is 0. The molecule has 2 aromatic carbocycles.